The zero-order chi connectivity index (χ0) is 27.4. The third-order valence-corrected chi connectivity index (χ3v) is 6.94. The Morgan fingerprint density at radius 3 is 2.74 bits per heavy atom. The van der Waals surface area contributed by atoms with Gasteiger partial charge in [-0.1, -0.05) is 11.8 Å². The second kappa shape index (κ2) is 11.4. The number of pyridine rings is 1. The Labute approximate surface area is 221 Å². The molecular formula is C26H26F4N4O3S. The van der Waals surface area contributed by atoms with Gasteiger partial charge in [0.15, 0.2) is 0 Å². The first kappa shape index (κ1) is 27.5. The molecule has 1 aliphatic rings. The number of aromatic carboxylic acids is 1. The van der Waals surface area contributed by atoms with Crippen molar-refractivity contribution < 1.29 is 32.2 Å². The number of benzene rings is 1. The number of piperidine rings is 1. The van der Waals surface area contributed by atoms with E-state index in [0.717, 1.165) is 0 Å². The molecule has 38 heavy (non-hydrogen) atoms. The molecule has 1 saturated heterocycles. The van der Waals surface area contributed by atoms with Crippen molar-refractivity contribution in [2.45, 2.75) is 29.2 Å². The van der Waals surface area contributed by atoms with Gasteiger partial charge >= 0.3 is 11.5 Å². The van der Waals surface area contributed by atoms with Crippen molar-refractivity contribution in [2.24, 2.45) is 0 Å². The fraction of sp³-hybridized carbons (Fsp3) is 0.346. The molecule has 0 spiro atoms. The molecule has 7 nitrogen and oxygen atoms in total. The number of likely N-dealkylation sites (tertiary alicyclic amines) is 1. The van der Waals surface area contributed by atoms with Gasteiger partial charge in [0.2, 0.25) is 0 Å². The van der Waals surface area contributed by atoms with E-state index < -0.39 is 23.7 Å². The van der Waals surface area contributed by atoms with Crippen molar-refractivity contribution in [3.8, 4) is 17.6 Å². The molecule has 4 rings (SSSR count). The Morgan fingerprint density at radius 2 is 2.05 bits per heavy atom. The molecule has 1 fully saturated rings. The summed E-state index contributed by atoms with van der Waals surface area (Å²) >= 11 is -0.260. The average Bonchev–Trinajstić information content (AvgIpc) is 3.20. The van der Waals surface area contributed by atoms with Gasteiger partial charge in [-0.2, -0.15) is 13.2 Å². The summed E-state index contributed by atoms with van der Waals surface area (Å²) in [5.74, 6) is 4.83. The summed E-state index contributed by atoms with van der Waals surface area (Å²) in [6, 6.07) is 8.73. The number of rotatable bonds is 7. The minimum Gasteiger partial charge on any atom is -0.495 e. The maximum Gasteiger partial charge on any atom is 0.447 e. The topological polar surface area (TPSA) is 78.2 Å². The lowest BCUT2D eigenvalue weighted by molar-refractivity contribution is -0.0330. The molecule has 2 aromatic heterocycles. The fourth-order valence-electron chi connectivity index (χ4n) is 4.27. The van der Waals surface area contributed by atoms with Crippen molar-refractivity contribution in [2.75, 3.05) is 44.4 Å². The Balaban J connectivity index is 1.60. The first-order valence-electron chi connectivity index (χ1n) is 11.7. The van der Waals surface area contributed by atoms with Crippen LogP contribution < -0.4 is 15.4 Å². The fourth-order valence-corrected chi connectivity index (χ4v) is 4.96. The maximum atomic E-state index is 14.6. The van der Waals surface area contributed by atoms with Gasteiger partial charge in [0.05, 0.1) is 47.7 Å². The van der Waals surface area contributed by atoms with Crippen molar-refractivity contribution >= 4 is 34.6 Å². The van der Waals surface area contributed by atoms with Crippen LogP contribution in [0.2, 0.25) is 0 Å². The highest BCUT2D eigenvalue weighted by atomic mass is 32.2. The number of methoxy groups -OCH3 is 1. The maximum absolute atomic E-state index is 14.6. The van der Waals surface area contributed by atoms with E-state index in [1.165, 1.54) is 35.9 Å². The summed E-state index contributed by atoms with van der Waals surface area (Å²) in [5.41, 5.74) is -2.82. The second-order valence-corrected chi connectivity index (χ2v) is 9.84. The Kier molecular flexibility index (Phi) is 8.28. The zero-order valence-corrected chi connectivity index (χ0v) is 21.4. The summed E-state index contributed by atoms with van der Waals surface area (Å²) in [4.78, 5) is 13.1. The van der Waals surface area contributed by atoms with Crippen LogP contribution in [0, 0.1) is 11.8 Å². The smallest absolute Gasteiger partial charge is 0.447 e. The van der Waals surface area contributed by atoms with Gasteiger partial charge in [-0.05, 0) is 49.9 Å². The molecule has 0 aliphatic carbocycles. The highest BCUT2D eigenvalue weighted by Gasteiger charge is 2.33. The summed E-state index contributed by atoms with van der Waals surface area (Å²) in [7, 11) is 3.24. The van der Waals surface area contributed by atoms with Crippen LogP contribution in [0.4, 0.5) is 28.9 Å². The molecular weight excluding hydrogens is 524 g/mol. The molecule has 3 N–H and O–H groups in total. The van der Waals surface area contributed by atoms with E-state index in [0.29, 0.717) is 35.6 Å². The molecule has 3 heterocycles. The van der Waals surface area contributed by atoms with E-state index in [1.807, 2.05) is 11.9 Å². The van der Waals surface area contributed by atoms with Crippen LogP contribution >= 0.6 is 11.8 Å². The number of anilines is 2. The molecule has 202 valence electrons. The van der Waals surface area contributed by atoms with E-state index in [2.05, 4.69) is 22.5 Å². The van der Waals surface area contributed by atoms with Gasteiger partial charge in [-0.15, -0.1) is 0 Å². The number of alkyl halides is 4. The minimum atomic E-state index is -4.54. The second-order valence-electron chi connectivity index (χ2n) is 8.78. The van der Waals surface area contributed by atoms with Crippen molar-refractivity contribution in [3.05, 3.63) is 53.7 Å². The SMILES string of the molecule is COc1cc(C(=O)O)ccc1NCC#Cc1cc2c(N[C@@H]3CCN(C)C[C@@H]3F)cccn2c1SC(F)(F)F. The van der Waals surface area contributed by atoms with Crippen LogP contribution in [0.3, 0.4) is 0 Å². The standard InChI is InChI=1S/C26H26F4N4O3S/c1-33-12-9-19(18(27)15-33)32-20-6-4-11-34-22(20)13-16(24(34)38-26(28,29)30)5-3-10-31-21-8-7-17(25(35)36)14-23(21)37-2/h4,6-8,11,13-14,18-19,31-32H,9-10,12,15H2,1-2H3,(H,35,36)/t18-,19+/m0/s1. The highest BCUT2D eigenvalue weighted by molar-refractivity contribution is 8.00. The molecule has 0 bridgehead atoms. The number of ether oxygens (including phenoxy) is 1. The predicted molar refractivity (Wildman–Crippen MR) is 139 cm³/mol. The molecule has 3 aromatic rings. The number of carboxylic acids is 1. The number of nitrogens with one attached hydrogen (secondary N) is 2. The third kappa shape index (κ3) is 6.46. The lowest BCUT2D eigenvalue weighted by atomic mass is 10.0. The molecule has 0 unspecified atom stereocenters. The number of fused-ring (bicyclic) bond motifs is 1. The first-order chi connectivity index (χ1) is 18.1. The molecule has 12 heteroatoms. The largest absolute Gasteiger partial charge is 0.495 e. The zero-order valence-electron chi connectivity index (χ0n) is 20.6. The lowest BCUT2D eigenvalue weighted by Crippen LogP contribution is -2.46. The highest BCUT2D eigenvalue weighted by Crippen LogP contribution is 2.41. The third-order valence-electron chi connectivity index (χ3n) is 6.10. The van der Waals surface area contributed by atoms with Gasteiger partial charge in [-0.25, -0.2) is 9.18 Å². The number of hydrogen-bond acceptors (Lipinski definition) is 6. The van der Waals surface area contributed by atoms with Gasteiger partial charge in [0.1, 0.15) is 16.9 Å². The van der Waals surface area contributed by atoms with Crippen LogP contribution in [0.5, 0.6) is 5.75 Å². The number of carbonyl (C=O) groups is 1. The molecule has 0 amide bonds. The lowest BCUT2D eigenvalue weighted by Gasteiger charge is -2.33. The van der Waals surface area contributed by atoms with Crippen molar-refractivity contribution in [1.29, 1.82) is 0 Å². The van der Waals surface area contributed by atoms with E-state index >= 15 is 0 Å². The van der Waals surface area contributed by atoms with Crippen molar-refractivity contribution in [3.63, 3.8) is 0 Å². The Morgan fingerprint density at radius 1 is 1.26 bits per heavy atom. The van der Waals surface area contributed by atoms with Gasteiger partial charge in [0.25, 0.3) is 0 Å². The molecule has 0 radical (unpaired) electrons. The van der Waals surface area contributed by atoms with Gasteiger partial charge < -0.3 is 29.8 Å². The average molecular weight is 551 g/mol. The quantitative estimate of drug-likeness (QED) is 0.213. The van der Waals surface area contributed by atoms with E-state index in [-0.39, 0.29) is 41.0 Å². The normalized spacial score (nSPS) is 18.1. The Hall–Kier alpha value is -3.56. The van der Waals surface area contributed by atoms with E-state index in [4.69, 9.17) is 9.84 Å². The van der Waals surface area contributed by atoms with Gasteiger partial charge in [-0.3, -0.25) is 0 Å². The van der Waals surface area contributed by atoms with Crippen molar-refractivity contribution in [1.82, 2.24) is 9.30 Å². The molecule has 1 aromatic carbocycles. The van der Waals surface area contributed by atoms with E-state index in [1.54, 1.807) is 18.2 Å². The molecule has 0 saturated carbocycles. The first-order valence-corrected chi connectivity index (χ1v) is 12.5. The van der Waals surface area contributed by atoms with Crippen LogP contribution in [-0.4, -0.2) is 71.9 Å². The monoisotopic (exact) mass is 550 g/mol. The number of halogens is 4. The summed E-state index contributed by atoms with van der Waals surface area (Å²) in [6.07, 6.45) is 0.979. The summed E-state index contributed by atoms with van der Waals surface area (Å²) in [6.45, 7) is 1.06. The number of hydrogen-bond donors (Lipinski definition) is 3. The number of carboxylic acid groups (broad SMARTS) is 1. The van der Waals surface area contributed by atoms with Gasteiger partial charge in [0, 0.05) is 31.0 Å². The number of thioether (sulfide) groups is 1. The number of nitrogens with zero attached hydrogens (tertiary/aromatic N) is 2. The van der Waals surface area contributed by atoms with Crippen LogP contribution in [0.1, 0.15) is 22.3 Å². The van der Waals surface area contributed by atoms with Crippen LogP contribution in [0.15, 0.2) is 47.6 Å². The Bertz CT molecular complexity index is 1380. The predicted octanol–water partition coefficient (Wildman–Crippen LogP) is 5.18. The van der Waals surface area contributed by atoms with Crippen LogP contribution in [0.25, 0.3) is 5.52 Å². The number of aromatic nitrogens is 1. The van der Waals surface area contributed by atoms with E-state index in [9.17, 15) is 22.4 Å². The van der Waals surface area contributed by atoms with Crippen LogP contribution in [-0.2, 0) is 0 Å². The minimum absolute atomic E-state index is 0.0524. The molecule has 1 aliphatic heterocycles. The summed E-state index contributed by atoms with van der Waals surface area (Å²) < 4.78 is 61.5. The molecule has 2 atom stereocenters. The summed E-state index contributed by atoms with van der Waals surface area (Å²) in [5, 5.41) is 15.2.